The van der Waals surface area contributed by atoms with E-state index in [-0.39, 0.29) is 12.3 Å². The van der Waals surface area contributed by atoms with E-state index in [0.29, 0.717) is 28.5 Å². The number of hydrogen-bond donors (Lipinski definition) is 2. The van der Waals surface area contributed by atoms with Crippen LogP contribution in [0.5, 0.6) is 0 Å². The molecule has 3 amide bonds. The molecule has 2 rings (SSSR count). The molecule has 0 aliphatic heterocycles. The fraction of sp³-hybridized carbons (Fsp3) is 0.346. The molecule has 0 aromatic heterocycles. The van der Waals surface area contributed by atoms with Gasteiger partial charge in [-0.05, 0) is 60.6 Å². The maximum absolute atomic E-state index is 13.1. The molecular formula is C26H29ClN2O4S. The molecule has 2 aromatic rings. The predicted molar refractivity (Wildman–Crippen MR) is 137 cm³/mol. The Balaban J connectivity index is 2.16. The third-order valence-electron chi connectivity index (χ3n) is 4.57. The summed E-state index contributed by atoms with van der Waals surface area (Å²) in [6.07, 6.45) is 0.537. The summed E-state index contributed by atoms with van der Waals surface area (Å²) in [7, 11) is 0. The number of halogens is 1. The molecule has 2 aromatic carbocycles. The summed E-state index contributed by atoms with van der Waals surface area (Å²) >= 11 is 7.35. The van der Waals surface area contributed by atoms with E-state index < -0.39 is 23.9 Å². The normalized spacial score (nSPS) is 11.3. The summed E-state index contributed by atoms with van der Waals surface area (Å²) in [5, 5.41) is 12.6. The van der Waals surface area contributed by atoms with Gasteiger partial charge in [0.05, 0.1) is 0 Å². The van der Waals surface area contributed by atoms with Crippen LogP contribution in [0.3, 0.4) is 0 Å². The van der Waals surface area contributed by atoms with Crippen molar-refractivity contribution in [2.24, 2.45) is 5.92 Å². The number of carbonyl (C=O) groups is 3. The molecule has 8 heteroatoms. The number of nitrogens with one attached hydrogen (secondary N) is 1. The molecule has 0 fully saturated rings. The van der Waals surface area contributed by atoms with Crippen molar-refractivity contribution in [1.82, 2.24) is 10.2 Å². The lowest BCUT2D eigenvalue weighted by molar-refractivity contribution is -0.138. The highest BCUT2D eigenvalue weighted by molar-refractivity contribution is 7.99. The molecule has 34 heavy (non-hydrogen) atoms. The highest BCUT2D eigenvalue weighted by atomic mass is 35.5. The van der Waals surface area contributed by atoms with Gasteiger partial charge in [0.15, 0.2) is 0 Å². The second-order valence-electron chi connectivity index (χ2n) is 8.07. The summed E-state index contributed by atoms with van der Waals surface area (Å²) in [5.74, 6) is 5.80. The van der Waals surface area contributed by atoms with Gasteiger partial charge in [0, 0.05) is 34.0 Å². The van der Waals surface area contributed by atoms with Gasteiger partial charge in [-0.15, -0.1) is 0 Å². The van der Waals surface area contributed by atoms with E-state index in [4.69, 9.17) is 11.6 Å². The van der Waals surface area contributed by atoms with Crippen LogP contribution >= 0.6 is 23.4 Å². The topological polar surface area (TPSA) is 86.7 Å². The van der Waals surface area contributed by atoms with Crippen LogP contribution in [0, 0.1) is 17.8 Å². The standard InChI is InChI=1S/C26H29ClN2O4S/c1-4-14-29(26(33)28-23(25(31)32)17-34-16-18(2)3)24(30)21-7-5-6-20(15-21)9-8-19-10-12-22(27)13-11-19/h5-7,10-13,15,18,23H,4,14,16-17H2,1-3H3,(H,28,33)(H,31,32)/t23-/m0/s1. The smallest absolute Gasteiger partial charge is 0.327 e. The number of thioether (sulfide) groups is 1. The maximum Gasteiger partial charge on any atom is 0.327 e. The Labute approximate surface area is 210 Å². The Hall–Kier alpha value is -2.95. The first-order chi connectivity index (χ1) is 16.2. The molecule has 0 saturated heterocycles. The van der Waals surface area contributed by atoms with Crippen molar-refractivity contribution < 1.29 is 19.5 Å². The summed E-state index contributed by atoms with van der Waals surface area (Å²) in [5.41, 5.74) is 1.70. The first kappa shape index (κ1) is 27.3. The van der Waals surface area contributed by atoms with E-state index >= 15 is 0 Å². The summed E-state index contributed by atoms with van der Waals surface area (Å²) < 4.78 is 0. The average molecular weight is 501 g/mol. The van der Waals surface area contributed by atoms with Gasteiger partial charge >= 0.3 is 12.0 Å². The van der Waals surface area contributed by atoms with Gasteiger partial charge in [-0.3, -0.25) is 9.69 Å². The minimum Gasteiger partial charge on any atom is -0.480 e. The molecule has 0 aliphatic rings. The Morgan fingerprint density at radius 1 is 1.06 bits per heavy atom. The Morgan fingerprint density at radius 3 is 2.35 bits per heavy atom. The molecule has 0 heterocycles. The Bertz CT molecular complexity index is 1060. The predicted octanol–water partition coefficient (Wildman–Crippen LogP) is 5.14. The van der Waals surface area contributed by atoms with Gasteiger partial charge in [0.1, 0.15) is 6.04 Å². The molecule has 1 atom stereocenters. The van der Waals surface area contributed by atoms with E-state index in [0.717, 1.165) is 16.2 Å². The zero-order valence-corrected chi connectivity index (χ0v) is 21.1. The molecule has 2 N–H and O–H groups in total. The third-order valence-corrected chi connectivity index (χ3v) is 6.30. The lowest BCUT2D eigenvalue weighted by Gasteiger charge is -2.23. The molecule has 180 valence electrons. The summed E-state index contributed by atoms with van der Waals surface area (Å²) in [6, 6.07) is 12.0. The van der Waals surface area contributed by atoms with Crippen molar-refractivity contribution >= 4 is 41.3 Å². The Kier molecular flexibility index (Phi) is 11.0. The number of urea groups is 1. The number of carbonyl (C=O) groups excluding carboxylic acids is 2. The maximum atomic E-state index is 13.1. The van der Waals surface area contributed by atoms with Crippen molar-refractivity contribution in [3.05, 3.63) is 70.2 Å². The molecule has 0 bridgehead atoms. The van der Waals surface area contributed by atoms with Crippen molar-refractivity contribution in [2.75, 3.05) is 18.1 Å². The van der Waals surface area contributed by atoms with Gasteiger partial charge in [-0.2, -0.15) is 11.8 Å². The lowest BCUT2D eigenvalue weighted by atomic mass is 10.1. The molecule has 0 aliphatic carbocycles. The number of carboxylic acids is 1. The van der Waals surface area contributed by atoms with Crippen LogP contribution in [0.25, 0.3) is 0 Å². The average Bonchev–Trinajstić information content (AvgIpc) is 2.81. The summed E-state index contributed by atoms with van der Waals surface area (Å²) in [4.78, 5) is 38.7. The first-order valence-electron chi connectivity index (χ1n) is 11.0. The fourth-order valence-corrected chi connectivity index (χ4v) is 4.10. The van der Waals surface area contributed by atoms with Gasteiger partial charge < -0.3 is 10.4 Å². The number of nitrogens with zero attached hydrogens (tertiary/aromatic N) is 1. The largest absolute Gasteiger partial charge is 0.480 e. The molecule has 6 nitrogen and oxygen atoms in total. The van der Waals surface area contributed by atoms with Gasteiger partial charge in [0.25, 0.3) is 5.91 Å². The number of benzene rings is 2. The molecule has 0 saturated carbocycles. The van der Waals surface area contributed by atoms with E-state index in [1.165, 1.54) is 11.8 Å². The van der Waals surface area contributed by atoms with Crippen molar-refractivity contribution in [2.45, 2.75) is 33.2 Å². The second kappa shape index (κ2) is 13.7. The third kappa shape index (κ3) is 8.77. The monoisotopic (exact) mass is 500 g/mol. The number of carboxylic acid groups (broad SMARTS) is 1. The number of hydrogen-bond acceptors (Lipinski definition) is 4. The van der Waals surface area contributed by atoms with Crippen molar-refractivity contribution in [1.29, 1.82) is 0 Å². The van der Waals surface area contributed by atoms with Crippen molar-refractivity contribution in [3.63, 3.8) is 0 Å². The lowest BCUT2D eigenvalue weighted by Crippen LogP contribution is -2.51. The first-order valence-corrected chi connectivity index (χ1v) is 12.5. The van der Waals surface area contributed by atoms with Crippen LogP contribution in [0.15, 0.2) is 48.5 Å². The minimum atomic E-state index is -1.13. The van der Waals surface area contributed by atoms with E-state index in [9.17, 15) is 19.5 Å². The Morgan fingerprint density at radius 2 is 1.74 bits per heavy atom. The molecule has 0 spiro atoms. The van der Waals surface area contributed by atoms with Crippen LogP contribution in [0.4, 0.5) is 4.79 Å². The number of imide groups is 1. The van der Waals surface area contributed by atoms with Crippen LogP contribution in [-0.2, 0) is 4.79 Å². The zero-order chi connectivity index (χ0) is 25.1. The quantitative estimate of drug-likeness (QED) is 0.465. The second-order valence-corrected chi connectivity index (χ2v) is 9.58. The van der Waals surface area contributed by atoms with E-state index in [1.807, 2.05) is 20.8 Å². The van der Waals surface area contributed by atoms with Gasteiger partial charge in [-0.1, -0.05) is 50.3 Å². The van der Waals surface area contributed by atoms with Gasteiger partial charge in [-0.25, -0.2) is 9.59 Å². The number of rotatable bonds is 9. The van der Waals surface area contributed by atoms with E-state index in [1.54, 1.807) is 48.5 Å². The van der Waals surface area contributed by atoms with E-state index in [2.05, 4.69) is 17.2 Å². The molecule has 0 radical (unpaired) electrons. The van der Waals surface area contributed by atoms with Crippen LogP contribution in [-0.4, -0.2) is 52.0 Å². The highest BCUT2D eigenvalue weighted by Crippen LogP contribution is 2.13. The van der Waals surface area contributed by atoms with Crippen molar-refractivity contribution in [3.8, 4) is 11.8 Å². The molecule has 0 unspecified atom stereocenters. The van der Waals surface area contributed by atoms with Crippen LogP contribution in [0.1, 0.15) is 48.7 Å². The number of amides is 3. The number of aliphatic carboxylic acids is 1. The van der Waals surface area contributed by atoms with Crippen LogP contribution in [0.2, 0.25) is 5.02 Å². The molecular weight excluding hydrogens is 472 g/mol. The fourth-order valence-electron chi connectivity index (χ4n) is 2.91. The SMILES string of the molecule is CCCN(C(=O)N[C@@H](CSCC(C)C)C(=O)O)C(=O)c1cccc(C#Cc2ccc(Cl)cc2)c1. The summed E-state index contributed by atoms with van der Waals surface area (Å²) in [6.45, 7) is 6.08. The minimum absolute atomic E-state index is 0.164. The highest BCUT2D eigenvalue weighted by Gasteiger charge is 2.27. The zero-order valence-electron chi connectivity index (χ0n) is 19.5. The van der Waals surface area contributed by atoms with Crippen LogP contribution < -0.4 is 5.32 Å². The van der Waals surface area contributed by atoms with Gasteiger partial charge in [0.2, 0.25) is 0 Å².